The molecule has 3 heterocycles. The highest BCUT2D eigenvalue weighted by Gasteiger charge is 2.33. The standard InChI is InChI=1S/C23H35N5S2/c1-6-18-25-20(27-10-12-28(13-11-27)22(29)24-7-2)19-16-9-8-15(23(3,4)5)14-17(16)30-21(19)26-18/h15H,6-14H2,1-5H3,(H,24,29)/t15-/m1/s1. The van der Waals surface area contributed by atoms with E-state index in [1.165, 1.54) is 28.6 Å². The summed E-state index contributed by atoms with van der Waals surface area (Å²) in [6.07, 6.45) is 4.48. The summed E-state index contributed by atoms with van der Waals surface area (Å²) >= 11 is 7.44. The van der Waals surface area contributed by atoms with E-state index in [2.05, 4.69) is 49.7 Å². The number of aromatic nitrogens is 2. The van der Waals surface area contributed by atoms with E-state index in [1.54, 1.807) is 4.88 Å². The van der Waals surface area contributed by atoms with Crippen molar-refractivity contribution >= 4 is 44.7 Å². The SMILES string of the molecule is CCNC(=S)N1CCN(c2nc(CC)nc3sc4c(c23)CC[C@@H](C(C)(C)C)C4)CC1. The Hall–Kier alpha value is -1.47. The predicted octanol–water partition coefficient (Wildman–Crippen LogP) is 4.42. The van der Waals surface area contributed by atoms with Crippen LogP contribution in [0.1, 0.15) is 57.3 Å². The molecule has 5 nitrogen and oxygen atoms in total. The lowest BCUT2D eigenvalue weighted by atomic mass is 9.72. The smallest absolute Gasteiger partial charge is 0.169 e. The highest BCUT2D eigenvalue weighted by molar-refractivity contribution is 7.80. The Morgan fingerprint density at radius 2 is 1.90 bits per heavy atom. The van der Waals surface area contributed by atoms with Crippen LogP contribution in [-0.2, 0) is 19.3 Å². The third kappa shape index (κ3) is 4.15. The summed E-state index contributed by atoms with van der Waals surface area (Å²) in [6, 6.07) is 0. The second-order valence-electron chi connectivity index (χ2n) is 9.62. The molecule has 4 rings (SSSR count). The summed E-state index contributed by atoms with van der Waals surface area (Å²) in [6.45, 7) is 16.1. The number of piperazine rings is 1. The second kappa shape index (κ2) is 8.58. The molecule has 1 fully saturated rings. The minimum Gasteiger partial charge on any atom is -0.363 e. The molecular weight excluding hydrogens is 410 g/mol. The highest BCUT2D eigenvalue weighted by Crippen LogP contribution is 2.45. The van der Waals surface area contributed by atoms with Gasteiger partial charge in [-0.2, -0.15) is 0 Å². The Morgan fingerprint density at radius 1 is 1.17 bits per heavy atom. The van der Waals surface area contributed by atoms with Crippen LogP contribution in [0, 0.1) is 11.3 Å². The van der Waals surface area contributed by atoms with E-state index in [0.29, 0.717) is 5.41 Å². The maximum Gasteiger partial charge on any atom is 0.169 e. The molecule has 1 aliphatic heterocycles. The lowest BCUT2D eigenvalue weighted by Gasteiger charge is -2.37. The van der Waals surface area contributed by atoms with Crippen molar-refractivity contribution in [2.75, 3.05) is 37.6 Å². The van der Waals surface area contributed by atoms with Crippen LogP contribution in [0.4, 0.5) is 5.82 Å². The topological polar surface area (TPSA) is 44.3 Å². The fourth-order valence-corrected chi connectivity index (χ4v) is 6.35. The first-order valence-corrected chi connectivity index (χ1v) is 12.6. The second-order valence-corrected chi connectivity index (χ2v) is 11.1. The molecule has 0 bridgehead atoms. The minimum atomic E-state index is 0.359. The van der Waals surface area contributed by atoms with Crippen LogP contribution in [0.3, 0.4) is 0 Å². The number of anilines is 1. The van der Waals surface area contributed by atoms with Crippen LogP contribution in [0.5, 0.6) is 0 Å². The zero-order valence-corrected chi connectivity index (χ0v) is 20.7. The molecule has 2 aromatic heterocycles. The molecule has 7 heteroatoms. The van der Waals surface area contributed by atoms with Crippen molar-refractivity contribution in [3.63, 3.8) is 0 Å². The van der Waals surface area contributed by atoms with Crippen molar-refractivity contribution in [1.29, 1.82) is 0 Å². The number of rotatable bonds is 3. The van der Waals surface area contributed by atoms with Gasteiger partial charge in [0.25, 0.3) is 0 Å². The Kier molecular flexibility index (Phi) is 6.22. The molecule has 2 aliphatic rings. The molecule has 0 spiro atoms. The fraction of sp³-hybridized carbons (Fsp3) is 0.696. The van der Waals surface area contributed by atoms with Crippen molar-refractivity contribution in [2.24, 2.45) is 11.3 Å². The number of hydrogen-bond acceptors (Lipinski definition) is 5. The number of nitrogens with one attached hydrogen (secondary N) is 1. The Balaban J connectivity index is 1.65. The van der Waals surface area contributed by atoms with Crippen molar-refractivity contribution in [1.82, 2.24) is 20.2 Å². The average molecular weight is 446 g/mol. The summed E-state index contributed by atoms with van der Waals surface area (Å²) in [5.41, 5.74) is 1.89. The molecule has 1 aliphatic carbocycles. The van der Waals surface area contributed by atoms with E-state index in [4.69, 9.17) is 22.2 Å². The molecule has 0 radical (unpaired) electrons. The monoisotopic (exact) mass is 445 g/mol. The fourth-order valence-electron chi connectivity index (χ4n) is 4.71. The summed E-state index contributed by atoms with van der Waals surface area (Å²) in [4.78, 5) is 17.5. The summed E-state index contributed by atoms with van der Waals surface area (Å²) < 4.78 is 0. The zero-order valence-electron chi connectivity index (χ0n) is 19.0. The minimum absolute atomic E-state index is 0.359. The zero-order chi connectivity index (χ0) is 21.5. The Labute approximate surface area is 190 Å². The van der Waals surface area contributed by atoms with Crippen molar-refractivity contribution in [3.8, 4) is 0 Å². The molecule has 0 unspecified atom stereocenters. The van der Waals surface area contributed by atoms with Gasteiger partial charge in [-0.3, -0.25) is 0 Å². The molecule has 1 saturated heterocycles. The number of thiocarbonyl (C=S) groups is 1. The molecule has 164 valence electrons. The van der Waals surface area contributed by atoms with E-state index >= 15 is 0 Å². The van der Waals surface area contributed by atoms with Gasteiger partial charge in [-0.25, -0.2) is 9.97 Å². The van der Waals surface area contributed by atoms with Gasteiger partial charge >= 0.3 is 0 Å². The van der Waals surface area contributed by atoms with Crippen LogP contribution < -0.4 is 10.2 Å². The quantitative estimate of drug-likeness (QED) is 0.706. The number of nitrogens with zero attached hydrogens (tertiary/aromatic N) is 4. The van der Waals surface area contributed by atoms with Gasteiger partial charge in [-0.1, -0.05) is 27.7 Å². The van der Waals surface area contributed by atoms with Crippen molar-refractivity contribution in [3.05, 3.63) is 16.3 Å². The maximum atomic E-state index is 5.52. The Bertz CT molecular complexity index is 922. The summed E-state index contributed by atoms with van der Waals surface area (Å²) in [7, 11) is 0. The van der Waals surface area contributed by atoms with Crippen LogP contribution in [0.15, 0.2) is 0 Å². The predicted molar refractivity (Wildman–Crippen MR) is 132 cm³/mol. The van der Waals surface area contributed by atoms with Crippen LogP contribution >= 0.6 is 23.6 Å². The molecule has 30 heavy (non-hydrogen) atoms. The molecule has 1 atom stereocenters. The van der Waals surface area contributed by atoms with E-state index in [0.717, 1.165) is 68.2 Å². The first-order chi connectivity index (χ1) is 14.3. The first-order valence-electron chi connectivity index (χ1n) is 11.4. The number of hydrogen-bond donors (Lipinski definition) is 1. The van der Waals surface area contributed by atoms with Crippen molar-refractivity contribution < 1.29 is 0 Å². The van der Waals surface area contributed by atoms with Gasteiger partial charge in [-0.15, -0.1) is 11.3 Å². The van der Waals surface area contributed by atoms with Gasteiger partial charge in [0.15, 0.2) is 5.11 Å². The average Bonchev–Trinajstić information content (AvgIpc) is 3.10. The third-order valence-electron chi connectivity index (χ3n) is 6.67. The third-order valence-corrected chi connectivity index (χ3v) is 8.22. The summed E-state index contributed by atoms with van der Waals surface area (Å²) in [5.74, 6) is 2.88. The number of fused-ring (bicyclic) bond motifs is 3. The van der Waals surface area contributed by atoms with Gasteiger partial charge in [0.1, 0.15) is 16.5 Å². The number of thiophene rings is 1. The molecule has 2 aromatic rings. The van der Waals surface area contributed by atoms with Gasteiger partial charge < -0.3 is 15.1 Å². The molecular formula is C23H35N5S2. The van der Waals surface area contributed by atoms with Crippen LogP contribution in [0.25, 0.3) is 10.2 Å². The van der Waals surface area contributed by atoms with E-state index in [-0.39, 0.29) is 0 Å². The lowest BCUT2D eigenvalue weighted by Crippen LogP contribution is -2.52. The first kappa shape index (κ1) is 21.8. The van der Waals surface area contributed by atoms with E-state index in [9.17, 15) is 0 Å². The molecule has 1 N–H and O–H groups in total. The molecule has 0 aromatic carbocycles. The normalized spacial score (nSPS) is 19.8. The molecule has 0 amide bonds. The van der Waals surface area contributed by atoms with Crippen LogP contribution in [0.2, 0.25) is 0 Å². The molecule has 0 saturated carbocycles. The van der Waals surface area contributed by atoms with E-state index < -0.39 is 0 Å². The largest absolute Gasteiger partial charge is 0.363 e. The van der Waals surface area contributed by atoms with Crippen molar-refractivity contribution in [2.45, 2.75) is 60.3 Å². The Morgan fingerprint density at radius 3 is 2.53 bits per heavy atom. The lowest BCUT2D eigenvalue weighted by molar-refractivity contribution is 0.218. The summed E-state index contributed by atoms with van der Waals surface area (Å²) in [5, 5.41) is 5.50. The highest BCUT2D eigenvalue weighted by atomic mass is 32.1. The van der Waals surface area contributed by atoms with E-state index in [1.807, 2.05) is 11.3 Å². The maximum absolute atomic E-state index is 5.52. The van der Waals surface area contributed by atoms with Gasteiger partial charge in [0.05, 0.1) is 5.39 Å². The van der Waals surface area contributed by atoms with Gasteiger partial charge in [0, 0.05) is 44.0 Å². The van der Waals surface area contributed by atoms with Gasteiger partial charge in [0.2, 0.25) is 0 Å². The van der Waals surface area contributed by atoms with Gasteiger partial charge in [-0.05, 0) is 55.3 Å². The van der Waals surface area contributed by atoms with Crippen LogP contribution in [-0.4, -0.2) is 52.7 Å². The number of aryl methyl sites for hydroxylation is 2.